The molecule has 5 heteroatoms. The molecule has 0 amide bonds. The number of nitrogens with one attached hydrogen (secondary N) is 2. The van der Waals surface area contributed by atoms with Crippen LogP contribution >= 0.6 is 12.4 Å². The number of nitrogens with zero attached hydrogens (tertiary/aromatic N) is 1. The lowest BCUT2D eigenvalue weighted by Gasteiger charge is -2.10. The molecule has 0 radical (unpaired) electrons. The number of aryl methyl sites for hydroxylation is 1. The van der Waals surface area contributed by atoms with Crippen molar-refractivity contribution in [1.82, 2.24) is 15.3 Å². The topological polar surface area (TPSA) is 57.8 Å². The van der Waals surface area contributed by atoms with Crippen molar-refractivity contribution in [3.63, 3.8) is 0 Å². The van der Waals surface area contributed by atoms with Crippen molar-refractivity contribution in [3.8, 4) is 0 Å². The fraction of sp³-hybridized carbons (Fsp3) is 0.636. The largest absolute Gasteiger partial charge is 0.311 e. The quantitative estimate of drug-likeness (QED) is 0.704. The number of hydrogen-bond acceptors (Lipinski definition) is 3. The Morgan fingerprint density at radius 3 is 2.69 bits per heavy atom. The summed E-state index contributed by atoms with van der Waals surface area (Å²) < 4.78 is 0. The molecule has 0 spiro atoms. The van der Waals surface area contributed by atoms with E-state index in [2.05, 4.69) is 15.3 Å². The number of halogens is 1. The van der Waals surface area contributed by atoms with E-state index in [0.717, 1.165) is 29.9 Å². The van der Waals surface area contributed by atoms with Crippen LogP contribution in [0.1, 0.15) is 29.9 Å². The van der Waals surface area contributed by atoms with Crippen molar-refractivity contribution in [2.75, 3.05) is 0 Å². The summed E-state index contributed by atoms with van der Waals surface area (Å²) in [4.78, 5) is 19.0. The minimum atomic E-state index is 0. The fourth-order valence-corrected chi connectivity index (χ4v) is 2.75. The summed E-state index contributed by atoms with van der Waals surface area (Å²) in [5.41, 5.74) is 1.98. The number of fused-ring (bicyclic) bond motifs is 3. The van der Waals surface area contributed by atoms with Crippen LogP contribution in [0.4, 0.5) is 0 Å². The highest BCUT2D eigenvalue weighted by Crippen LogP contribution is 2.23. The van der Waals surface area contributed by atoms with Crippen molar-refractivity contribution >= 4 is 12.4 Å². The standard InChI is InChI=1S/C11H15N3O.ClH/c1-6-12-10-5-8-3-2-7(14-8)4-9(10)11(15)13-6;/h7-8,14H,2-5H2,1H3,(H,12,13,15);1H. The zero-order valence-electron chi connectivity index (χ0n) is 9.25. The molecule has 1 saturated heterocycles. The zero-order valence-corrected chi connectivity index (χ0v) is 10.1. The van der Waals surface area contributed by atoms with E-state index in [1.807, 2.05) is 6.92 Å². The Labute approximate surface area is 100 Å². The lowest BCUT2D eigenvalue weighted by atomic mass is 9.98. The Hall–Kier alpha value is -0.870. The summed E-state index contributed by atoms with van der Waals surface area (Å²) in [5.74, 6) is 0.733. The van der Waals surface area contributed by atoms with Gasteiger partial charge >= 0.3 is 0 Å². The summed E-state index contributed by atoms with van der Waals surface area (Å²) in [6, 6.07) is 1.02. The van der Waals surface area contributed by atoms with Gasteiger partial charge in [-0.2, -0.15) is 0 Å². The van der Waals surface area contributed by atoms with E-state index >= 15 is 0 Å². The average molecular weight is 242 g/mol. The predicted octanol–water partition coefficient (Wildman–Crippen LogP) is 0.719. The van der Waals surface area contributed by atoms with Crippen LogP contribution in [-0.2, 0) is 12.8 Å². The molecule has 3 rings (SSSR count). The molecule has 4 nitrogen and oxygen atoms in total. The van der Waals surface area contributed by atoms with Gasteiger partial charge in [-0.25, -0.2) is 4.98 Å². The Balaban J connectivity index is 0.000000963. The van der Waals surface area contributed by atoms with Crippen LogP contribution in [0.2, 0.25) is 0 Å². The van der Waals surface area contributed by atoms with Gasteiger partial charge in [0.2, 0.25) is 0 Å². The van der Waals surface area contributed by atoms with E-state index in [4.69, 9.17) is 0 Å². The van der Waals surface area contributed by atoms with Gasteiger partial charge in [-0.05, 0) is 26.2 Å². The highest BCUT2D eigenvalue weighted by atomic mass is 35.5. The number of hydrogen-bond donors (Lipinski definition) is 2. The molecule has 0 aliphatic carbocycles. The maximum absolute atomic E-state index is 11.8. The van der Waals surface area contributed by atoms with Crippen LogP contribution in [0, 0.1) is 6.92 Å². The van der Waals surface area contributed by atoms with E-state index < -0.39 is 0 Å². The molecule has 0 aromatic carbocycles. The molecule has 2 unspecified atom stereocenters. The number of H-pyrrole nitrogens is 1. The van der Waals surface area contributed by atoms with Crippen LogP contribution < -0.4 is 10.9 Å². The van der Waals surface area contributed by atoms with E-state index in [-0.39, 0.29) is 18.0 Å². The van der Waals surface area contributed by atoms with Crippen LogP contribution in [0.25, 0.3) is 0 Å². The van der Waals surface area contributed by atoms with Crippen LogP contribution in [0.5, 0.6) is 0 Å². The van der Waals surface area contributed by atoms with Crippen molar-refractivity contribution in [2.24, 2.45) is 0 Å². The molecule has 2 N–H and O–H groups in total. The Bertz CT molecular complexity index is 457. The molecular formula is C11H16ClN3O. The lowest BCUT2D eigenvalue weighted by molar-refractivity contribution is 0.552. The molecule has 88 valence electrons. The first-order valence-electron chi connectivity index (χ1n) is 5.57. The summed E-state index contributed by atoms with van der Waals surface area (Å²) in [5, 5.41) is 3.55. The molecule has 3 heterocycles. The van der Waals surface area contributed by atoms with E-state index in [1.165, 1.54) is 12.8 Å². The van der Waals surface area contributed by atoms with Gasteiger partial charge in [0.25, 0.3) is 5.56 Å². The molecule has 2 aliphatic heterocycles. The summed E-state index contributed by atoms with van der Waals surface area (Å²) in [6.07, 6.45) is 4.17. The second-order valence-electron chi connectivity index (χ2n) is 4.62. The number of aromatic amines is 1. The summed E-state index contributed by atoms with van der Waals surface area (Å²) in [7, 11) is 0. The summed E-state index contributed by atoms with van der Waals surface area (Å²) >= 11 is 0. The maximum atomic E-state index is 11.8. The van der Waals surface area contributed by atoms with Gasteiger partial charge in [0, 0.05) is 24.1 Å². The van der Waals surface area contributed by atoms with Crippen LogP contribution in [0.3, 0.4) is 0 Å². The maximum Gasteiger partial charge on any atom is 0.254 e. The van der Waals surface area contributed by atoms with Crippen molar-refractivity contribution in [2.45, 2.75) is 44.7 Å². The third-order valence-corrected chi connectivity index (χ3v) is 3.44. The van der Waals surface area contributed by atoms with Gasteiger partial charge in [-0.1, -0.05) is 0 Å². The zero-order chi connectivity index (χ0) is 10.4. The van der Waals surface area contributed by atoms with E-state index in [0.29, 0.717) is 12.1 Å². The molecule has 2 aliphatic rings. The highest BCUT2D eigenvalue weighted by molar-refractivity contribution is 5.85. The smallest absolute Gasteiger partial charge is 0.254 e. The molecule has 0 saturated carbocycles. The van der Waals surface area contributed by atoms with Crippen molar-refractivity contribution in [3.05, 3.63) is 27.4 Å². The Kier molecular flexibility index (Phi) is 3.04. The van der Waals surface area contributed by atoms with Gasteiger partial charge in [0.05, 0.1) is 5.69 Å². The molecule has 1 aromatic rings. The third-order valence-electron chi connectivity index (χ3n) is 3.44. The van der Waals surface area contributed by atoms with E-state index in [1.54, 1.807) is 0 Å². The molecule has 2 atom stereocenters. The van der Waals surface area contributed by atoms with Gasteiger partial charge in [0.1, 0.15) is 5.82 Å². The molecular weight excluding hydrogens is 226 g/mol. The summed E-state index contributed by atoms with van der Waals surface area (Å²) in [6.45, 7) is 1.85. The SMILES string of the molecule is Cc1nc2c(c(=O)[nH]1)CC1CCC(C2)N1.Cl. The predicted molar refractivity (Wildman–Crippen MR) is 64.2 cm³/mol. The second-order valence-corrected chi connectivity index (χ2v) is 4.62. The molecule has 1 fully saturated rings. The molecule has 16 heavy (non-hydrogen) atoms. The number of aromatic nitrogens is 2. The first-order chi connectivity index (χ1) is 7.22. The molecule has 1 aromatic heterocycles. The minimum Gasteiger partial charge on any atom is -0.311 e. The Morgan fingerprint density at radius 1 is 1.25 bits per heavy atom. The molecule has 2 bridgehead atoms. The fourth-order valence-electron chi connectivity index (χ4n) is 2.75. The normalized spacial score (nSPS) is 26.8. The second kappa shape index (κ2) is 4.18. The van der Waals surface area contributed by atoms with Crippen LogP contribution in [0.15, 0.2) is 4.79 Å². The Morgan fingerprint density at radius 2 is 1.94 bits per heavy atom. The van der Waals surface area contributed by atoms with Gasteiger partial charge < -0.3 is 10.3 Å². The van der Waals surface area contributed by atoms with Gasteiger partial charge in [-0.15, -0.1) is 12.4 Å². The first-order valence-corrected chi connectivity index (χ1v) is 5.57. The van der Waals surface area contributed by atoms with Crippen molar-refractivity contribution in [1.29, 1.82) is 0 Å². The first kappa shape index (κ1) is 11.6. The van der Waals surface area contributed by atoms with Crippen LogP contribution in [-0.4, -0.2) is 22.1 Å². The third kappa shape index (κ3) is 1.87. The highest BCUT2D eigenvalue weighted by Gasteiger charge is 2.30. The lowest BCUT2D eigenvalue weighted by Crippen LogP contribution is -2.29. The van der Waals surface area contributed by atoms with E-state index in [9.17, 15) is 4.79 Å². The number of rotatable bonds is 0. The average Bonchev–Trinajstić information content (AvgIpc) is 2.48. The minimum absolute atomic E-state index is 0. The van der Waals surface area contributed by atoms with Gasteiger partial charge in [-0.3, -0.25) is 4.79 Å². The monoisotopic (exact) mass is 241 g/mol. The van der Waals surface area contributed by atoms with Gasteiger partial charge in [0.15, 0.2) is 0 Å². The van der Waals surface area contributed by atoms with Crippen molar-refractivity contribution < 1.29 is 0 Å².